The SMILES string of the molecule is C.Cc1ncc(CC(=O)C2(c3ccc4c(c3)OCO4)CC2)cc1Br.Cc1ncc(N)cc1Br.O=C(O)C1(c2ccc3c(c2)OCO3)CC1. The summed E-state index contributed by atoms with van der Waals surface area (Å²) in [4.78, 5) is 32.3. The highest BCUT2D eigenvalue weighted by atomic mass is 79.9. The van der Waals surface area contributed by atoms with Crippen LogP contribution in [0.2, 0.25) is 0 Å². The van der Waals surface area contributed by atoms with E-state index in [0.29, 0.717) is 36.4 Å². The molecule has 10 nitrogen and oxygen atoms in total. The van der Waals surface area contributed by atoms with Crippen molar-refractivity contribution >= 4 is 49.3 Å². The van der Waals surface area contributed by atoms with Crippen LogP contribution < -0.4 is 24.7 Å². The molecule has 4 aromatic rings. The Morgan fingerprint density at radius 1 is 0.750 bits per heavy atom. The van der Waals surface area contributed by atoms with Crippen molar-refractivity contribution in [2.75, 3.05) is 19.3 Å². The summed E-state index contributed by atoms with van der Waals surface area (Å²) in [6.07, 6.45) is 7.04. The zero-order valence-corrected chi connectivity index (χ0v) is 29.0. The fourth-order valence-corrected chi connectivity index (χ4v) is 6.27. The number of fused-ring (bicyclic) bond motifs is 2. The standard InChI is InChI=1S/C18H16BrNO3.C11H10O4.C6H7BrN2.CH4/c1-11-14(19)6-12(9-20-11)7-17(21)18(4-5-18)13-2-3-15-16(8-13)23-10-22-15;12-10(13)11(3-4-11)7-1-2-8-9(5-7)15-6-14-8;1-4-6(7)2-5(8)3-9-4;/h2-3,6,8-9H,4-5,7,10H2,1H3;1-2,5H,3-4,6H2,(H,12,13);2-3H,8H2,1H3;1H4. The van der Waals surface area contributed by atoms with Gasteiger partial charge in [-0.25, -0.2) is 0 Å². The average Bonchev–Trinajstić information content (AvgIpc) is 3.95. The summed E-state index contributed by atoms with van der Waals surface area (Å²) in [5, 5.41) is 9.13. The lowest BCUT2D eigenvalue weighted by Crippen LogP contribution is -2.22. The number of Topliss-reactive ketones (excluding diaryl/α,β-unsaturated/α-hetero) is 1. The molecule has 0 amide bonds. The molecular formula is C36H37Br2N3O7. The first-order valence-corrected chi connectivity index (χ1v) is 16.6. The zero-order valence-electron chi connectivity index (χ0n) is 25.8. The first kappa shape index (κ1) is 35.2. The highest BCUT2D eigenvalue weighted by Gasteiger charge is 2.52. The fraction of sp³-hybridized carbons (Fsp3) is 0.333. The van der Waals surface area contributed by atoms with E-state index in [1.165, 1.54) is 0 Å². The molecule has 12 heteroatoms. The van der Waals surface area contributed by atoms with Crippen LogP contribution in [0, 0.1) is 13.8 Å². The van der Waals surface area contributed by atoms with Crippen LogP contribution in [0.3, 0.4) is 0 Å². The highest BCUT2D eigenvalue weighted by molar-refractivity contribution is 9.10. The molecule has 0 unspecified atom stereocenters. The number of hydrogen-bond donors (Lipinski definition) is 2. The van der Waals surface area contributed by atoms with Crippen molar-refractivity contribution < 1.29 is 33.6 Å². The molecule has 48 heavy (non-hydrogen) atoms. The lowest BCUT2D eigenvalue weighted by atomic mass is 9.88. The van der Waals surface area contributed by atoms with Gasteiger partial charge in [0.2, 0.25) is 13.6 Å². The van der Waals surface area contributed by atoms with Gasteiger partial charge in [0.25, 0.3) is 0 Å². The molecule has 8 rings (SSSR count). The number of aryl methyl sites for hydroxylation is 2. The maximum Gasteiger partial charge on any atom is 0.314 e. The van der Waals surface area contributed by atoms with Gasteiger partial charge in [-0.15, -0.1) is 0 Å². The van der Waals surface area contributed by atoms with E-state index in [-0.39, 0.29) is 32.2 Å². The molecular weight excluding hydrogens is 746 g/mol. The van der Waals surface area contributed by atoms with E-state index in [9.17, 15) is 9.59 Å². The van der Waals surface area contributed by atoms with E-state index >= 15 is 0 Å². The number of carbonyl (C=O) groups excluding carboxylic acids is 1. The number of halogens is 2. The van der Waals surface area contributed by atoms with Gasteiger partial charge in [-0.05, 0) is 124 Å². The van der Waals surface area contributed by atoms with Gasteiger partial charge in [0.15, 0.2) is 23.0 Å². The number of aliphatic carboxylic acids is 1. The number of nitrogens with two attached hydrogens (primary N) is 1. The van der Waals surface area contributed by atoms with Crippen molar-refractivity contribution in [2.24, 2.45) is 0 Å². The van der Waals surface area contributed by atoms with Crippen LogP contribution in [-0.2, 0) is 26.8 Å². The van der Waals surface area contributed by atoms with Crippen LogP contribution >= 0.6 is 31.9 Å². The number of pyridine rings is 2. The Morgan fingerprint density at radius 2 is 1.23 bits per heavy atom. The van der Waals surface area contributed by atoms with Crippen molar-refractivity contribution in [1.82, 2.24) is 9.97 Å². The molecule has 0 bridgehead atoms. The molecule has 4 aliphatic rings. The normalized spacial score (nSPS) is 16.2. The van der Waals surface area contributed by atoms with Crippen molar-refractivity contribution in [1.29, 1.82) is 0 Å². The molecule has 4 heterocycles. The lowest BCUT2D eigenvalue weighted by molar-refractivity contribution is -0.140. The molecule has 2 aliphatic carbocycles. The van der Waals surface area contributed by atoms with Gasteiger partial charge in [0.05, 0.1) is 34.1 Å². The first-order chi connectivity index (χ1) is 22.5. The number of carboxylic acid groups (broad SMARTS) is 1. The number of aromatic nitrogens is 2. The second kappa shape index (κ2) is 14.1. The summed E-state index contributed by atoms with van der Waals surface area (Å²) in [6, 6.07) is 15.0. The minimum absolute atomic E-state index is 0. The number of carbonyl (C=O) groups is 2. The van der Waals surface area contributed by atoms with Crippen molar-refractivity contribution in [2.45, 2.75) is 64.2 Å². The Morgan fingerprint density at radius 3 is 1.69 bits per heavy atom. The van der Waals surface area contributed by atoms with Crippen LogP contribution in [0.15, 0.2) is 69.9 Å². The molecule has 0 radical (unpaired) electrons. The van der Waals surface area contributed by atoms with Gasteiger partial charge in [-0.1, -0.05) is 19.6 Å². The number of rotatable bonds is 6. The topological polar surface area (TPSA) is 143 Å². The Balaban J connectivity index is 0.000000155. The van der Waals surface area contributed by atoms with E-state index in [1.807, 2.05) is 50.2 Å². The van der Waals surface area contributed by atoms with Crippen LogP contribution in [0.25, 0.3) is 0 Å². The fourth-order valence-electron chi connectivity index (χ4n) is 5.51. The smallest absolute Gasteiger partial charge is 0.314 e. The number of ether oxygens (including phenoxy) is 4. The Labute approximate surface area is 296 Å². The largest absolute Gasteiger partial charge is 0.481 e. The van der Waals surface area contributed by atoms with E-state index < -0.39 is 11.4 Å². The number of nitrogens with zero attached hydrogens (tertiary/aromatic N) is 2. The minimum atomic E-state index is -0.749. The molecule has 3 N–H and O–H groups in total. The summed E-state index contributed by atoms with van der Waals surface area (Å²) in [7, 11) is 0. The minimum Gasteiger partial charge on any atom is -0.481 e. The number of ketones is 1. The molecule has 0 spiro atoms. The quantitative estimate of drug-likeness (QED) is 0.201. The van der Waals surface area contributed by atoms with Crippen LogP contribution in [0.4, 0.5) is 5.69 Å². The van der Waals surface area contributed by atoms with Gasteiger partial charge in [0.1, 0.15) is 5.78 Å². The molecule has 2 aromatic carbocycles. The third kappa shape index (κ3) is 7.29. The number of benzene rings is 2. The number of carboxylic acids is 1. The predicted octanol–water partition coefficient (Wildman–Crippen LogP) is 7.63. The highest BCUT2D eigenvalue weighted by Crippen LogP contribution is 2.52. The monoisotopic (exact) mass is 781 g/mol. The summed E-state index contributed by atoms with van der Waals surface area (Å²) in [5.74, 6) is 2.33. The molecule has 2 aliphatic heterocycles. The molecule has 252 valence electrons. The first-order valence-electron chi connectivity index (χ1n) is 15.1. The number of anilines is 1. The second-order valence-electron chi connectivity index (χ2n) is 12.0. The molecule has 0 atom stereocenters. The maximum atomic E-state index is 12.9. The molecule has 2 aromatic heterocycles. The third-order valence-corrected chi connectivity index (χ3v) is 10.4. The Hall–Kier alpha value is -4.16. The maximum absolute atomic E-state index is 12.9. The predicted molar refractivity (Wildman–Crippen MR) is 188 cm³/mol. The van der Waals surface area contributed by atoms with Crippen molar-refractivity contribution in [3.05, 3.63) is 97.9 Å². The molecule has 0 saturated heterocycles. The van der Waals surface area contributed by atoms with Gasteiger partial charge in [-0.2, -0.15) is 0 Å². The average molecular weight is 784 g/mol. The third-order valence-electron chi connectivity index (χ3n) is 8.79. The van der Waals surface area contributed by atoms with Crippen molar-refractivity contribution in [3.63, 3.8) is 0 Å². The zero-order chi connectivity index (χ0) is 33.3. The summed E-state index contributed by atoms with van der Waals surface area (Å²) < 4.78 is 23.1. The summed E-state index contributed by atoms with van der Waals surface area (Å²) in [6.45, 7) is 4.33. The second-order valence-corrected chi connectivity index (χ2v) is 13.7. The Kier molecular flexibility index (Phi) is 10.4. The molecule has 2 saturated carbocycles. The number of nitrogen functional groups attached to an aromatic ring is 1. The Bertz CT molecular complexity index is 1860. The van der Waals surface area contributed by atoms with E-state index in [0.717, 1.165) is 61.4 Å². The van der Waals surface area contributed by atoms with Gasteiger partial charge in [0, 0.05) is 21.6 Å². The summed E-state index contributed by atoms with van der Waals surface area (Å²) in [5.41, 5.74) is 9.78. The van der Waals surface area contributed by atoms with Crippen LogP contribution in [-0.4, -0.2) is 40.4 Å². The van der Waals surface area contributed by atoms with E-state index in [2.05, 4.69) is 41.8 Å². The van der Waals surface area contributed by atoms with Crippen molar-refractivity contribution in [3.8, 4) is 23.0 Å². The lowest BCUT2D eigenvalue weighted by Gasteiger charge is -2.15. The van der Waals surface area contributed by atoms with Gasteiger partial charge < -0.3 is 29.8 Å². The van der Waals surface area contributed by atoms with Gasteiger partial charge >= 0.3 is 5.97 Å². The molecule has 2 fully saturated rings. The summed E-state index contributed by atoms with van der Waals surface area (Å²) >= 11 is 6.78. The van der Waals surface area contributed by atoms with Crippen LogP contribution in [0.5, 0.6) is 23.0 Å². The van der Waals surface area contributed by atoms with E-state index in [4.69, 9.17) is 29.8 Å². The number of hydrogen-bond acceptors (Lipinski definition) is 9. The van der Waals surface area contributed by atoms with Gasteiger partial charge in [-0.3, -0.25) is 19.6 Å². The van der Waals surface area contributed by atoms with E-state index in [1.54, 1.807) is 24.5 Å². The van der Waals surface area contributed by atoms with Crippen LogP contribution in [0.1, 0.15) is 61.2 Å².